The lowest BCUT2D eigenvalue weighted by Crippen LogP contribution is -2.47. The Morgan fingerprint density at radius 3 is 2.56 bits per heavy atom. The summed E-state index contributed by atoms with van der Waals surface area (Å²) in [6.45, 7) is 1.06. The van der Waals surface area contributed by atoms with Gasteiger partial charge >= 0.3 is 5.97 Å². The Hall–Kier alpha value is -2.90. The molecule has 1 aromatic carbocycles. The molecule has 8 heteroatoms. The quantitative estimate of drug-likeness (QED) is 0.764. The minimum Gasteiger partial charge on any atom is -0.469 e. The van der Waals surface area contributed by atoms with Crippen LogP contribution in [0.3, 0.4) is 0 Å². The number of anilines is 1. The smallest absolute Gasteiger partial charge is 0.305 e. The second-order valence-electron chi connectivity index (χ2n) is 6.87. The molecule has 0 aliphatic carbocycles. The van der Waals surface area contributed by atoms with Crippen LogP contribution in [0, 0.1) is 5.92 Å². The summed E-state index contributed by atoms with van der Waals surface area (Å²) in [5.41, 5.74) is 0.822. The van der Waals surface area contributed by atoms with Gasteiger partial charge in [-0.1, -0.05) is 12.1 Å². The van der Waals surface area contributed by atoms with Crippen molar-refractivity contribution in [1.82, 2.24) is 10.2 Å². The zero-order valence-electron chi connectivity index (χ0n) is 15.2. The van der Waals surface area contributed by atoms with Crippen LogP contribution in [-0.2, 0) is 19.1 Å². The average Bonchev–Trinajstić information content (AvgIpc) is 2.79. The fraction of sp³-hybridized carbons (Fsp3) is 0.474. The number of amides is 3. The highest BCUT2D eigenvalue weighted by molar-refractivity contribution is 6.10. The van der Waals surface area contributed by atoms with E-state index in [4.69, 9.17) is 0 Å². The van der Waals surface area contributed by atoms with E-state index in [1.165, 1.54) is 7.11 Å². The molecular weight excluding hydrogens is 350 g/mol. The molecule has 1 atom stereocenters. The van der Waals surface area contributed by atoms with Crippen molar-refractivity contribution in [3.8, 4) is 0 Å². The number of esters is 1. The molecule has 1 aromatic rings. The highest BCUT2D eigenvalue weighted by Crippen LogP contribution is 2.23. The molecule has 0 spiro atoms. The van der Waals surface area contributed by atoms with Gasteiger partial charge < -0.3 is 20.3 Å². The van der Waals surface area contributed by atoms with Crippen LogP contribution in [0.1, 0.15) is 36.0 Å². The first-order valence-electron chi connectivity index (χ1n) is 9.03. The van der Waals surface area contributed by atoms with Gasteiger partial charge in [0.15, 0.2) is 0 Å². The lowest BCUT2D eigenvalue weighted by molar-refractivity contribution is -0.142. The van der Waals surface area contributed by atoms with Crippen molar-refractivity contribution in [2.24, 2.45) is 5.92 Å². The molecule has 3 amide bonds. The fourth-order valence-electron chi connectivity index (χ4n) is 3.46. The maximum Gasteiger partial charge on any atom is 0.305 e. The number of rotatable bonds is 4. The number of fused-ring (bicyclic) bond motifs is 1. The molecule has 0 bridgehead atoms. The maximum atomic E-state index is 12.6. The van der Waals surface area contributed by atoms with Gasteiger partial charge in [0.05, 0.1) is 24.8 Å². The van der Waals surface area contributed by atoms with Gasteiger partial charge in [0.2, 0.25) is 11.8 Å². The van der Waals surface area contributed by atoms with E-state index in [1.807, 2.05) is 0 Å². The topological polar surface area (TPSA) is 105 Å². The van der Waals surface area contributed by atoms with Crippen LogP contribution in [0.2, 0.25) is 0 Å². The summed E-state index contributed by atoms with van der Waals surface area (Å²) in [5.74, 6) is -0.993. The summed E-state index contributed by atoms with van der Waals surface area (Å²) in [6, 6.07) is 5.82. The summed E-state index contributed by atoms with van der Waals surface area (Å²) in [6.07, 6.45) is 1.70. The monoisotopic (exact) mass is 373 g/mol. The molecular formula is C19H23N3O5. The number of nitrogens with one attached hydrogen (secondary N) is 2. The first-order valence-corrected chi connectivity index (χ1v) is 9.03. The molecule has 144 valence electrons. The first-order chi connectivity index (χ1) is 13.0. The SMILES string of the molecule is COC(=O)CC1CCN(C(=O)C[C@@H]2NC(=O)c3ccccc3NC2=O)CC1. The third-order valence-corrected chi connectivity index (χ3v) is 5.08. The van der Waals surface area contributed by atoms with Gasteiger partial charge in [0, 0.05) is 19.5 Å². The van der Waals surface area contributed by atoms with Gasteiger partial charge in [-0.2, -0.15) is 0 Å². The first kappa shape index (κ1) is 18.9. The Kier molecular flexibility index (Phi) is 5.73. The summed E-state index contributed by atoms with van der Waals surface area (Å²) in [7, 11) is 1.37. The Morgan fingerprint density at radius 1 is 1.15 bits per heavy atom. The largest absolute Gasteiger partial charge is 0.469 e. The van der Waals surface area contributed by atoms with E-state index in [0.29, 0.717) is 30.8 Å². The number of benzene rings is 1. The van der Waals surface area contributed by atoms with E-state index >= 15 is 0 Å². The van der Waals surface area contributed by atoms with Crippen LogP contribution in [-0.4, -0.2) is 54.8 Å². The molecule has 8 nitrogen and oxygen atoms in total. The highest BCUT2D eigenvalue weighted by Gasteiger charge is 2.32. The van der Waals surface area contributed by atoms with Gasteiger partial charge in [0.1, 0.15) is 6.04 Å². The van der Waals surface area contributed by atoms with Crippen LogP contribution < -0.4 is 10.6 Å². The molecule has 1 saturated heterocycles. The average molecular weight is 373 g/mol. The van der Waals surface area contributed by atoms with E-state index in [1.54, 1.807) is 29.2 Å². The second kappa shape index (κ2) is 8.20. The number of likely N-dealkylation sites (tertiary alicyclic amines) is 1. The van der Waals surface area contributed by atoms with Crippen LogP contribution >= 0.6 is 0 Å². The predicted octanol–water partition coefficient (Wildman–Crippen LogP) is 0.929. The lowest BCUT2D eigenvalue weighted by atomic mass is 9.93. The molecule has 2 aliphatic rings. The maximum absolute atomic E-state index is 12.6. The number of methoxy groups -OCH3 is 1. The third kappa shape index (κ3) is 4.45. The minimum atomic E-state index is -0.912. The summed E-state index contributed by atoms with van der Waals surface area (Å²) in [5, 5.41) is 5.34. The van der Waals surface area contributed by atoms with Crippen molar-refractivity contribution < 1.29 is 23.9 Å². The molecule has 27 heavy (non-hydrogen) atoms. The van der Waals surface area contributed by atoms with Gasteiger partial charge in [-0.15, -0.1) is 0 Å². The Morgan fingerprint density at radius 2 is 1.85 bits per heavy atom. The number of carbonyl (C=O) groups is 4. The molecule has 0 radical (unpaired) electrons. The number of para-hydroxylation sites is 1. The summed E-state index contributed by atoms with van der Waals surface area (Å²) in [4.78, 5) is 50.4. The second-order valence-corrected chi connectivity index (χ2v) is 6.87. The zero-order valence-corrected chi connectivity index (χ0v) is 15.2. The van der Waals surface area contributed by atoms with E-state index < -0.39 is 11.9 Å². The van der Waals surface area contributed by atoms with Gasteiger partial charge in [-0.3, -0.25) is 19.2 Å². The summed E-state index contributed by atoms with van der Waals surface area (Å²) < 4.78 is 4.68. The number of carbonyl (C=O) groups excluding carboxylic acids is 4. The number of ether oxygens (including phenoxy) is 1. The van der Waals surface area contributed by atoms with Crippen molar-refractivity contribution >= 4 is 29.4 Å². The van der Waals surface area contributed by atoms with E-state index in [2.05, 4.69) is 15.4 Å². The Balaban J connectivity index is 1.56. The predicted molar refractivity (Wildman–Crippen MR) is 96.9 cm³/mol. The van der Waals surface area contributed by atoms with E-state index in [0.717, 1.165) is 12.8 Å². The fourth-order valence-corrected chi connectivity index (χ4v) is 3.46. The summed E-state index contributed by atoms with van der Waals surface area (Å²) >= 11 is 0. The standard InChI is InChI=1S/C19H23N3O5/c1-27-17(24)10-12-6-8-22(9-7-12)16(23)11-15-19(26)20-14-5-3-2-4-13(14)18(25)21-15/h2-5,12,15H,6-11H2,1H3,(H,20,26)(H,21,25)/t15-/m0/s1. The minimum absolute atomic E-state index is 0.0900. The van der Waals surface area contributed by atoms with Crippen molar-refractivity contribution in [1.29, 1.82) is 0 Å². The van der Waals surface area contributed by atoms with Crippen LogP contribution in [0.4, 0.5) is 5.69 Å². The highest BCUT2D eigenvalue weighted by atomic mass is 16.5. The molecule has 2 aliphatic heterocycles. The molecule has 0 unspecified atom stereocenters. The van der Waals surface area contributed by atoms with Crippen molar-refractivity contribution in [2.45, 2.75) is 31.7 Å². The van der Waals surface area contributed by atoms with Crippen LogP contribution in [0.15, 0.2) is 24.3 Å². The number of hydrogen-bond acceptors (Lipinski definition) is 5. The molecule has 0 aromatic heterocycles. The molecule has 0 saturated carbocycles. The number of hydrogen-bond donors (Lipinski definition) is 2. The van der Waals surface area contributed by atoms with Crippen LogP contribution in [0.5, 0.6) is 0 Å². The molecule has 2 N–H and O–H groups in total. The van der Waals surface area contributed by atoms with Gasteiger partial charge in [-0.05, 0) is 30.9 Å². The van der Waals surface area contributed by atoms with E-state index in [9.17, 15) is 19.2 Å². The zero-order chi connectivity index (χ0) is 19.4. The Bertz CT molecular complexity index is 755. The van der Waals surface area contributed by atoms with Crippen molar-refractivity contribution in [3.05, 3.63) is 29.8 Å². The Labute approximate surface area is 157 Å². The van der Waals surface area contributed by atoms with Gasteiger partial charge in [0.25, 0.3) is 5.91 Å². The number of nitrogens with zero attached hydrogens (tertiary/aromatic N) is 1. The lowest BCUT2D eigenvalue weighted by Gasteiger charge is -2.32. The normalized spacial score (nSPS) is 20.2. The van der Waals surface area contributed by atoms with Crippen molar-refractivity contribution in [2.75, 3.05) is 25.5 Å². The molecule has 2 heterocycles. The van der Waals surface area contributed by atoms with Crippen molar-refractivity contribution in [3.63, 3.8) is 0 Å². The molecule has 1 fully saturated rings. The number of piperidine rings is 1. The third-order valence-electron chi connectivity index (χ3n) is 5.08. The van der Waals surface area contributed by atoms with E-state index in [-0.39, 0.29) is 30.1 Å². The van der Waals surface area contributed by atoms with Gasteiger partial charge in [-0.25, -0.2) is 0 Å². The van der Waals surface area contributed by atoms with Crippen LogP contribution in [0.25, 0.3) is 0 Å². The molecule has 3 rings (SSSR count).